The topological polar surface area (TPSA) is 49.4 Å². The lowest BCUT2D eigenvalue weighted by Gasteiger charge is -2.31. The predicted octanol–water partition coefficient (Wildman–Crippen LogP) is 6.85. The molecule has 3 rings (SSSR count). The third kappa shape index (κ3) is 7.58. The van der Waals surface area contributed by atoms with Crippen LogP contribution in [0.2, 0.25) is 10.0 Å². The second kappa shape index (κ2) is 13.3. The molecule has 0 aromatic heterocycles. The van der Waals surface area contributed by atoms with Crippen molar-refractivity contribution in [3.63, 3.8) is 0 Å². The number of amides is 2. The maximum atomic E-state index is 13.8. The highest BCUT2D eigenvalue weighted by atomic mass is 35.5. The molecule has 35 heavy (non-hydrogen) atoms. The van der Waals surface area contributed by atoms with E-state index in [0.29, 0.717) is 16.6 Å². The molecule has 0 aliphatic heterocycles. The van der Waals surface area contributed by atoms with Crippen LogP contribution in [0.5, 0.6) is 0 Å². The van der Waals surface area contributed by atoms with Crippen LogP contribution < -0.4 is 5.32 Å². The number of nitrogens with zero attached hydrogens (tertiary/aromatic N) is 1. The van der Waals surface area contributed by atoms with Crippen molar-refractivity contribution in [3.05, 3.63) is 106 Å². The molecule has 0 aliphatic carbocycles. The van der Waals surface area contributed by atoms with Crippen molar-refractivity contribution in [1.29, 1.82) is 0 Å². The van der Waals surface area contributed by atoms with Gasteiger partial charge in [-0.1, -0.05) is 103 Å². The second-order valence-corrected chi connectivity index (χ2v) is 9.50. The molecule has 2 amide bonds. The lowest BCUT2D eigenvalue weighted by molar-refractivity contribution is -0.140. The number of rotatable bonds is 11. The third-order valence-electron chi connectivity index (χ3n) is 6.14. The minimum atomic E-state index is -0.654. The molecule has 0 heterocycles. The number of unbranched alkanes of at least 4 members (excludes halogenated alkanes) is 1. The van der Waals surface area contributed by atoms with Crippen molar-refractivity contribution in [3.8, 4) is 0 Å². The summed E-state index contributed by atoms with van der Waals surface area (Å²) in [6, 6.07) is 24.5. The third-order valence-corrected chi connectivity index (χ3v) is 6.72. The SMILES string of the molecule is CCCCNC(=O)C(C)N(Cc1ccc(Cl)cc1Cl)C(=O)CC(c1ccccc1)c1ccccc1. The normalized spacial score (nSPS) is 11.8. The molecular weight excluding hydrogens is 479 g/mol. The van der Waals surface area contributed by atoms with Gasteiger partial charge in [0.25, 0.3) is 0 Å². The molecule has 0 bridgehead atoms. The lowest BCUT2D eigenvalue weighted by atomic mass is 9.88. The number of hydrogen-bond acceptors (Lipinski definition) is 2. The van der Waals surface area contributed by atoms with E-state index in [1.807, 2.05) is 60.7 Å². The van der Waals surface area contributed by atoms with Crippen molar-refractivity contribution in [2.45, 2.75) is 51.6 Å². The zero-order chi connectivity index (χ0) is 25.2. The van der Waals surface area contributed by atoms with E-state index in [2.05, 4.69) is 12.2 Å². The largest absolute Gasteiger partial charge is 0.354 e. The fraction of sp³-hybridized carbons (Fsp3) is 0.310. The highest BCUT2D eigenvalue weighted by Crippen LogP contribution is 2.30. The van der Waals surface area contributed by atoms with Gasteiger partial charge in [-0.25, -0.2) is 0 Å². The summed E-state index contributed by atoms with van der Waals surface area (Å²) in [7, 11) is 0. The van der Waals surface area contributed by atoms with Crippen LogP contribution in [0.15, 0.2) is 78.9 Å². The zero-order valence-electron chi connectivity index (χ0n) is 20.2. The van der Waals surface area contributed by atoms with E-state index in [9.17, 15) is 9.59 Å². The predicted molar refractivity (Wildman–Crippen MR) is 144 cm³/mol. The molecule has 0 radical (unpaired) electrons. The molecule has 0 fully saturated rings. The highest BCUT2D eigenvalue weighted by Gasteiger charge is 2.29. The van der Waals surface area contributed by atoms with Gasteiger partial charge < -0.3 is 10.2 Å². The average Bonchev–Trinajstić information content (AvgIpc) is 2.87. The monoisotopic (exact) mass is 510 g/mol. The van der Waals surface area contributed by atoms with Crippen molar-refractivity contribution >= 4 is 35.0 Å². The number of carbonyl (C=O) groups excluding carboxylic acids is 2. The molecule has 3 aromatic carbocycles. The number of nitrogens with one attached hydrogen (secondary N) is 1. The summed E-state index contributed by atoms with van der Waals surface area (Å²) in [5.41, 5.74) is 2.85. The Bertz CT molecular complexity index is 1070. The molecule has 6 heteroatoms. The van der Waals surface area contributed by atoms with Gasteiger partial charge in [0.15, 0.2) is 0 Å². The molecule has 0 saturated carbocycles. The molecule has 3 aromatic rings. The summed E-state index contributed by atoms with van der Waals surface area (Å²) in [6.45, 7) is 4.64. The van der Waals surface area contributed by atoms with E-state index in [0.717, 1.165) is 29.5 Å². The summed E-state index contributed by atoms with van der Waals surface area (Å²) in [5, 5.41) is 3.95. The number of carbonyl (C=O) groups is 2. The molecule has 1 unspecified atom stereocenters. The van der Waals surface area contributed by atoms with Gasteiger partial charge >= 0.3 is 0 Å². The van der Waals surface area contributed by atoms with Crippen molar-refractivity contribution in [2.24, 2.45) is 0 Å². The fourth-order valence-corrected chi connectivity index (χ4v) is 4.51. The van der Waals surface area contributed by atoms with Crippen LogP contribution in [-0.2, 0) is 16.1 Å². The minimum Gasteiger partial charge on any atom is -0.354 e. The zero-order valence-corrected chi connectivity index (χ0v) is 21.7. The molecule has 0 aliphatic rings. The minimum absolute atomic E-state index is 0.119. The fourth-order valence-electron chi connectivity index (χ4n) is 4.04. The Hall–Kier alpha value is -2.82. The highest BCUT2D eigenvalue weighted by molar-refractivity contribution is 6.35. The van der Waals surface area contributed by atoms with Crippen LogP contribution in [-0.4, -0.2) is 29.3 Å². The summed E-state index contributed by atoms with van der Waals surface area (Å²) in [6.07, 6.45) is 2.10. The smallest absolute Gasteiger partial charge is 0.242 e. The van der Waals surface area contributed by atoms with Crippen molar-refractivity contribution in [2.75, 3.05) is 6.54 Å². The Morgan fingerprint density at radius 3 is 2.06 bits per heavy atom. The Kier molecular flexibility index (Phi) is 10.2. The summed E-state index contributed by atoms with van der Waals surface area (Å²) < 4.78 is 0. The van der Waals surface area contributed by atoms with Crippen LogP contribution in [0.1, 0.15) is 55.7 Å². The number of halogens is 2. The lowest BCUT2D eigenvalue weighted by Crippen LogP contribution is -2.48. The Morgan fingerprint density at radius 2 is 1.51 bits per heavy atom. The van der Waals surface area contributed by atoms with E-state index in [4.69, 9.17) is 23.2 Å². The van der Waals surface area contributed by atoms with Gasteiger partial charge in [-0.15, -0.1) is 0 Å². The van der Waals surface area contributed by atoms with E-state index in [-0.39, 0.29) is 30.7 Å². The van der Waals surface area contributed by atoms with Crippen molar-refractivity contribution < 1.29 is 9.59 Å². The summed E-state index contributed by atoms with van der Waals surface area (Å²) in [4.78, 5) is 28.4. The van der Waals surface area contributed by atoms with Crippen LogP contribution in [0, 0.1) is 0 Å². The molecule has 1 N–H and O–H groups in total. The van der Waals surface area contributed by atoms with Gasteiger partial charge in [-0.3, -0.25) is 9.59 Å². The van der Waals surface area contributed by atoms with Gasteiger partial charge in [-0.05, 0) is 42.2 Å². The average molecular weight is 511 g/mol. The van der Waals surface area contributed by atoms with Gasteiger partial charge in [0, 0.05) is 35.5 Å². The maximum Gasteiger partial charge on any atom is 0.242 e. The molecule has 184 valence electrons. The first kappa shape index (κ1) is 26.8. The van der Waals surface area contributed by atoms with Crippen LogP contribution in [0.3, 0.4) is 0 Å². The molecule has 1 atom stereocenters. The standard InChI is InChI=1S/C29H32Cl2N2O2/c1-3-4-17-32-29(35)21(2)33(20-24-15-16-25(30)18-27(24)31)28(34)19-26(22-11-7-5-8-12-22)23-13-9-6-10-14-23/h5-16,18,21,26H,3-4,17,19-20H2,1-2H3,(H,32,35). The van der Waals surface area contributed by atoms with E-state index >= 15 is 0 Å². The van der Waals surface area contributed by atoms with E-state index in [1.165, 1.54) is 0 Å². The molecular formula is C29H32Cl2N2O2. The quantitative estimate of drug-likeness (QED) is 0.286. The Morgan fingerprint density at radius 1 is 0.914 bits per heavy atom. The summed E-state index contributed by atoms with van der Waals surface area (Å²) in [5.74, 6) is -0.428. The first-order valence-electron chi connectivity index (χ1n) is 12.0. The van der Waals surface area contributed by atoms with E-state index < -0.39 is 6.04 Å². The second-order valence-electron chi connectivity index (χ2n) is 8.66. The van der Waals surface area contributed by atoms with Crippen LogP contribution in [0.25, 0.3) is 0 Å². The van der Waals surface area contributed by atoms with Crippen LogP contribution >= 0.6 is 23.2 Å². The van der Waals surface area contributed by atoms with Gasteiger partial charge in [0.05, 0.1) is 0 Å². The Balaban J connectivity index is 1.90. The van der Waals surface area contributed by atoms with Gasteiger partial charge in [0.2, 0.25) is 11.8 Å². The number of hydrogen-bond donors (Lipinski definition) is 1. The first-order chi connectivity index (χ1) is 16.9. The van der Waals surface area contributed by atoms with Gasteiger partial charge in [0.1, 0.15) is 6.04 Å². The van der Waals surface area contributed by atoms with Crippen molar-refractivity contribution in [1.82, 2.24) is 10.2 Å². The maximum absolute atomic E-state index is 13.8. The number of benzene rings is 3. The van der Waals surface area contributed by atoms with E-state index in [1.54, 1.807) is 30.0 Å². The van der Waals surface area contributed by atoms with Gasteiger partial charge in [-0.2, -0.15) is 0 Å². The summed E-state index contributed by atoms with van der Waals surface area (Å²) >= 11 is 12.5. The molecule has 4 nitrogen and oxygen atoms in total. The molecule has 0 spiro atoms. The van der Waals surface area contributed by atoms with Crippen LogP contribution in [0.4, 0.5) is 0 Å². The Labute approximate surface area is 218 Å². The molecule has 0 saturated heterocycles. The first-order valence-corrected chi connectivity index (χ1v) is 12.8.